The van der Waals surface area contributed by atoms with Crippen molar-refractivity contribution in [2.75, 3.05) is 26.2 Å². The first-order valence-corrected chi connectivity index (χ1v) is 7.61. The number of hydrogen-bond acceptors (Lipinski definition) is 3. The van der Waals surface area contributed by atoms with Crippen molar-refractivity contribution in [3.8, 4) is 0 Å². The molecule has 0 bridgehead atoms. The van der Waals surface area contributed by atoms with E-state index < -0.39 is 0 Å². The van der Waals surface area contributed by atoms with Crippen LogP contribution in [0.15, 0.2) is 24.4 Å². The highest BCUT2D eigenvalue weighted by atomic mass is 15.2. The van der Waals surface area contributed by atoms with Gasteiger partial charge in [-0.25, -0.2) is 0 Å². The summed E-state index contributed by atoms with van der Waals surface area (Å²) in [7, 11) is 0. The van der Waals surface area contributed by atoms with Crippen LogP contribution in [0.25, 0.3) is 0 Å². The van der Waals surface area contributed by atoms with Gasteiger partial charge in [-0.3, -0.25) is 4.98 Å². The van der Waals surface area contributed by atoms with Crippen LogP contribution in [0.3, 0.4) is 0 Å². The molecule has 1 aromatic rings. The molecule has 2 heterocycles. The summed E-state index contributed by atoms with van der Waals surface area (Å²) in [4.78, 5) is 6.93. The van der Waals surface area contributed by atoms with E-state index in [4.69, 9.17) is 0 Å². The zero-order valence-corrected chi connectivity index (χ0v) is 12.4. The van der Waals surface area contributed by atoms with Crippen molar-refractivity contribution in [2.45, 2.75) is 39.7 Å². The molecule has 2 rings (SSSR count). The van der Waals surface area contributed by atoms with Gasteiger partial charge < -0.3 is 10.2 Å². The first kappa shape index (κ1) is 14.5. The molecule has 0 radical (unpaired) electrons. The highest BCUT2D eigenvalue weighted by Gasteiger charge is 2.34. The molecule has 19 heavy (non-hydrogen) atoms. The minimum absolute atomic E-state index is 0.598. The lowest BCUT2D eigenvalue weighted by atomic mass is 9.82. The van der Waals surface area contributed by atoms with Gasteiger partial charge in [0.2, 0.25) is 0 Å². The van der Waals surface area contributed by atoms with Crippen molar-refractivity contribution in [1.82, 2.24) is 15.2 Å². The molecule has 1 aliphatic heterocycles. The molecule has 3 heteroatoms. The minimum atomic E-state index is 0.598. The summed E-state index contributed by atoms with van der Waals surface area (Å²) in [6, 6.07) is 6.08. The van der Waals surface area contributed by atoms with Crippen LogP contribution in [0.1, 0.15) is 38.8 Å². The largest absolute Gasteiger partial charge is 0.310 e. The van der Waals surface area contributed by atoms with Gasteiger partial charge in [-0.15, -0.1) is 0 Å². The zero-order chi connectivity index (χ0) is 13.6. The molecule has 1 N–H and O–H groups in total. The molecular formula is C16H27N3. The number of rotatable bonds is 7. The van der Waals surface area contributed by atoms with Gasteiger partial charge in [0, 0.05) is 32.4 Å². The molecule has 3 nitrogen and oxygen atoms in total. The summed E-state index contributed by atoms with van der Waals surface area (Å²) >= 11 is 0. The van der Waals surface area contributed by atoms with E-state index >= 15 is 0 Å². The maximum Gasteiger partial charge on any atom is 0.0541 e. The molecule has 0 aromatic carbocycles. The predicted octanol–water partition coefficient (Wildman–Crippen LogP) is 2.68. The van der Waals surface area contributed by atoms with E-state index in [1.807, 2.05) is 18.3 Å². The van der Waals surface area contributed by atoms with Crippen molar-refractivity contribution in [3.63, 3.8) is 0 Å². The molecule has 0 atom stereocenters. The number of nitrogens with one attached hydrogen (secondary N) is 1. The van der Waals surface area contributed by atoms with E-state index in [2.05, 4.69) is 35.1 Å². The normalized spacial score (nSPS) is 18.8. The average molecular weight is 261 g/mol. The maximum atomic E-state index is 4.32. The Morgan fingerprint density at radius 2 is 2.16 bits per heavy atom. The summed E-state index contributed by atoms with van der Waals surface area (Å²) in [6.07, 6.45) is 5.87. The Bertz CT molecular complexity index is 360. The van der Waals surface area contributed by atoms with Crippen LogP contribution in [0.2, 0.25) is 0 Å². The Kier molecular flexibility index (Phi) is 5.34. The summed E-state index contributed by atoms with van der Waals surface area (Å²) < 4.78 is 0. The average Bonchev–Trinajstić information content (AvgIpc) is 2.89. The molecule has 0 saturated carbocycles. The van der Waals surface area contributed by atoms with Gasteiger partial charge in [0.15, 0.2) is 0 Å². The van der Waals surface area contributed by atoms with Gasteiger partial charge in [0.25, 0.3) is 0 Å². The molecule has 1 fully saturated rings. The zero-order valence-electron chi connectivity index (χ0n) is 12.4. The second kappa shape index (κ2) is 7.01. The van der Waals surface area contributed by atoms with Crippen LogP contribution in [0.4, 0.5) is 0 Å². The van der Waals surface area contributed by atoms with E-state index in [-0.39, 0.29) is 0 Å². The lowest BCUT2D eigenvalue weighted by molar-refractivity contribution is 0.240. The van der Waals surface area contributed by atoms with Gasteiger partial charge >= 0.3 is 0 Å². The minimum Gasteiger partial charge on any atom is -0.310 e. The van der Waals surface area contributed by atoms with Crippen molar-refractivity contribution in [3.05, 3.63) is 30.1 Å². The molecule has 0 amide bonds. The number of aromatic nitrogens is 1. The molecular weight excluding hydrogens is 234 g/mol. The smallest absolute Gasteiger partial charge is 0.0541 e. The van der Waals surface area contributed by atoms with Crippen LogP contribution in [0, 0.1) is 5.41 Å². The molecule has 1 aromatic heterocycles. The Hall–Kier alpha value is -0.930. The van der Waals surface area contributed by atoms with Crippen LogP contribution in [0.5, 0.6) is 0 Å². The quantitative estimate of drug-likeness (QED) is 0.765. The van der Waals surface area contributed by atoms with Crippen molar-refractivity contribution in [2.24, 2.45) is 5.41 Å². The summed E-state index contributed by atoms with van der Waals surface area (Å²) in [5, 5.41) is 3.49. The number of pyridine rings is 1. The monoisotopic (exact) mass is 261 g/mol. The Labute approximate surface area is 117 Å². The molecule has 1 aliphatic rings. The fourth-order valence-electron chi connectivity index (χ4n) is 3.00. The predicted molar refractivity (Wildman–Crippen MR) is 80.0 cm³/mol. The van der Waals surface area contributed by atoms with E-state index in [0.29, 0.717) is 5.41 Å². The lowest BCUT2D eigenvalue weighted by Gasteiger charge is -2.26. The van der Waals surface area contributed by atoms with E-state index in [9.17, 15) is 0 Å². The second-order valence-electron chi connectivity index (χ2n) is 5.73. The van der Waals surface area contributed by atoms with Crippen molar-refractivity contribution >= 4 is 0 Å². The standard InChI is InChI=1S/C16H27N3/c1-3-16(4-2)8-11-19(14-16)12-10-17-13-15-7-5-6-9-18-15/h5-7,9,17H,3-4,8,10-14H2,1-2H3. The van der Waals surface area contributed by atoms with Crippen LogP contribution in [-0.4, -0.2) is 36.1 Å². The molecule has 0 unspecified atom stereocenters. The Morgan fingerprint density at radius 3 is 2.79 bits per heavy atom. The first-order chi connectivity index (χ1) is 9.28. The maximum absolute atomic E-state index is 4.32. The number of hydrogen-bond donors (Lipinski definition) is 1. The summed E-state index contributed by atoms with van der Waals surface area (Å²) in [5.74, 6) is 0. The van der Waals surface area contributed by atoms with Crippen molar-refractivity contribution in [1.29, 1.82) is 0 Å². The third-order valence-electron chi connectivity index (χ3n) is 4.65. The third-order valence-corrected chi connectivity index (χ3v) is 4.65. The molecule has 1 saturated heterocycles. The van der Waals surface area contributed by atoms with Gasteiger partial charge in [0.05, 0.1) is 5.69 Å². The van der Waals surface area contributed by atoms with Gasteiger partial charge in [-0.05, 0) is 43.4 Å². The van der Waals surface area contributed by atoms with Crippen LogP contribution in [-0.2, 0) is 6.54 Å². The number of nitrogens with zero attached hydrogens (tertiary/aromatic N) is 2. The van der Waals surface area contributed by atoms with Crippen LogP contribution >= 0.6 is 0 Å². The van der Waals surface area contributed by atoms with E-state index in [1.54, 1.807) is 0 Å². The third kappa shape index (κ3) is 4.02. The highest BCUT2D eigenvalue weighted by Crippen LogP contribution is 2.36. The molecule has 0 spiro atoms. The van der Waals surface area contributed by atoms with Gasteiger partial charge in [0.1, 0.15) is 0 Å². The van der Waals surface area contributed by atoms with E-state index in [0.717, 1.165) is 25.3 Å². The summed E-state index contributed by atoms with van der Waals surface area (Å²) in [5.41, 5.74) is 1.72. The SMILES string of the molecule is CCC1(CC)CCN(CCNCc2ccccn2)C1. The Balaban J connectivity index is 1.65. The lowest BCUT2D eigenvalue weighted by Crippen LogP contribution is -2.32. The fraction of sp³-hybridized carbons (Fsp3) is 0.688. The fourth-order valence-corrected chi connectivity index (χ4v) is 3.00. The van der Waals surface area contributed by atoms with E-state index in [1.165, 1.54) is 32.4 Å². The van der Waals surface area contributed by atoms with Gasteiger partial charge in [-0.2, -0.15) is 0 Å². The van der Waals surface area contributed by atoms with Crippen molar-refractivity contribution < 1.29 is 0 Å². The second-order valence-corrected chi connectivity index (χ2v) is 5.73. The molecule has 0 aliphatic carbocycles. The van der Waals surface area contributed by atoms with Crippen LogP contribution < -0.4 is 5.32 Å². The topological polar surface area (TPSA) is 28.2 Å². The Morgan fingerprint density at radius 1 is 1.32 bits per heavy atom. The van der Waals surface area contributed by atoms with Gasteiger partial charge in [-0.1, -0.05) is 19.9 Å². The number of likely N-dealkylation sites (tertiary alicyclic amines) is 1. The summed E-state index contributed by atoms with van der Waals surface area (Å²) in [6.45, 7) is 10.3. The first-order valence-electron chi connectivity index (χ1n) is 7.61. The highest BCUT2D eigenvalue weighted by molar-refractivity contribution is 5.02. The molecule has 106 valence electrons.